The Hall–Kier alpha value is -4.18. The summed E-state index contributed by atoms with van der Waals surface area (Å²) in [4.78, 5) is 13.8. The molecule has 5 rings (SSSR count). The zero-order valence-corrected chi connectivity index (χ0v) is 18.8. The van der Waals surface area contributed by atoms with Crippen molar-refractivity contribution in [3.63, 3.8) is 0 Å². The molecule has 0 aliphatic rings. The van der Waals surface area contributed by atoms with Gasteiger partial charge in [0.15, 0.2) is 6.20 Å². The Balaban J connectivity index is 1.80. The highest BCUT2D eigenvalue weighted by molar-refractivity contribution is 6.00. The Morgan fingerprint density at radius 2 is 1.52 bits per heavy atom. The molecular weight excluding hydrogens is 406 g/mol. The quantitative estimate of drug-likeness (QED) is 0.350. The summed E-state index contributed by atoms with van der Waals surface area (Å²) in [5, 5.41) is 1.12. The minimum absolute atomic E-state index is 0.0396. The molecule has 0 radical (unpaired) electrons. The van der Waals surface area contributed by atoms with Crippen LogP contribution in [0.15, 0.2) is 108 Å². The molecule has 0 spiro atoms. The first-order valence-electron chi connectivity index (χ1n) is 11.2. The topological polar surface area (TPSA) is 30.8 Å². The van der Waals surface area contributed by atoms with E-state index in [-0.39, 0.29) is 5.56 Å². The maximum Gasteiger partial charge on any atom is 0.279 e. The van der Waals surface area contributed by atoms with Gasteiger partial charge in [-0.15, -0.1) is 0 Å². The Bertz CT molecular complexity index is 1510. The van der Waals surface area contributed by atoms with Crippen LogP contribution < -0.4 is 10.1 Å². The second kappa shape index (κ2) is 8.75. The van der Waals surface area contributed by atoms with Crippen LogP contribution in [-0.2, 0) is 13.6 Å². The molecule has 0 unspecified atom stereocenters. The van der Waals surface area contributed by atoms with E-state index in [2.05, 4.69) is 66.2 Å². The van der Waals surface area contributed by atoms with Crippen LogP contribution in [0.1, 0.15) is 23.6 Å². The first-order chi connectivity index (χ1) is 16.2. The second-order valence-electron chi connectivity index (χ2n) is 8.07. The second-order valence-corrected chi connectivity index (χ2v) is 8.07. The zero-order chi connectivity index (χ0) is 22.8. The van der Waals surface area contributed by atoms with Gasteiger partial charge in [-0.3, -0.25) is 9.48 Å². The monoisotopic (exact) mass is 432 g/mol. The van der Waals surface area contributed by atoms with Gasteiger partial charge in [-0.25, -0.2) is 4.68 Å². The van der Waals surface area contributed by atoms with Crippen LogP contribution in [0.25, 0.3) is 28.2 Å². The molecule has 0 aliphatic carbocycles. The van der Waals surface area contributed by atoms with Gasteiger partial charge in [0.1, 0.15) is 6.54 Å². The van der Waals surface area contributed by atoms with Crippen LogP contribution in [0.5, 0.6) is 0 Å². The zero-order valence-electron chi connectivity index (χ0n) is 18.8. The van der Waals surface area contributed by atoms with Crippen molar-refractivity contribution >= 4 is 22.6 Å². The Morgan fingerprint density at radius 1 is 0.848 bits per heavy atom. The van der Waals surface area contributed by atoms with Gasteiger partial charge in [0.05, 0.1) is 16.6 Å². The number of aromatic nitrogens is 3. The SMILES string of the molecule is CC[n+]1ccc(/C(=C\c2ccccc2)c2cn(C)n(-c3ccccc3)c2=O)c2ccccc21. The molecule has 4 heteroatoms. The third kappa shape index (κ3) is 3.80. The van der Waals surface area contributed by atoms with Gasteiger partial charge in [0.2, 0.25) is 5.52 Å². The number of para-hydroxylation sites is 2. The van der Waals surface area contributed by atoms with Crippen molar-refractivity contribution in [2.75, 3.05) is 0 Å². The number of nitrogens with zero attached hydrogens (tertiary/aromatic N) is 3. The van der Waals surface area contributed by atoms with Crippen LogP contribution in [-0.4, -0.2) is 9.36 Å². The maximum absolute atomic E-state index is 13.8. The third-order valence-electron chi connectivity index (χ3n) is 6.01. The molecule has 33 heavy (non-hydrogen) atoms. The van der Waals surface area contributed by atoms with Crippen molar-refractivity contribution in [3.05, 3.63) is 130 Å². The van der Waals surface area contributed by atoms with Gasteiger partial charge in [-0.1, -0.05) is 60.7 Å². The first-order valence-corrected chi connectivity index (χ1v) is 11.2. The fourth-order valence-corrected chi connectivity index (χ4v) is 4.42. The molecule has 0 saturated carbocycles. The number of aryl methyl sites for hydroxylation is 2. The summed E-state index contributed by atoms with van der Waals surface area (Å²) in [7, 11) is 1.91. The summed E-state index contributed by atoms with van der Waals surface area (Å²) < 4.78 is 5.81. The minimum Gasteiger partial charge on any atom is -0.288 e. The number of rotatable bonds is 5. The largest absolute Gasteiger partial charge is 0.288 e. The average Bonchev–Trinajstić information content (AvgIpc) is 3.16. The molecule has 162 valence electrons. The van der Waals surface area contributed by atoms with E-state index >= 15 is 0 Å². The molecule has 0 bridgehead atoms. The molecule has 0 saturated heterocycles. The lowest BCUT2D eigenvalue weighted by molar-refractivity contribution is -0.667. The van der Waals surface area contributed by atoms with Crippen molar-refractivity contribution in [1.29, 1.82) is 0 Å². The van der Waals surface area contributed by atoms with E-state index in [1.807, 2.05) is 66.5 Å². The lowest BCUT2D eigenvalue weighted by Gasteiger charge is -2.10. The standard InChI is InChI=1S/C29H26N3O/c1-3-31-19-18-24(25-16-10-11-17-28(25)31)26(20-22-12-6-4-7-13-22)27-21-30(2)32(29(27)33)23-14-8-5-9-15-23/h4-21H,3H2,1-2H3/q+1/b26-20+. The van der Waals surface area contributed by atoms with Crippen LogP contribution >= 0.6 is 0 Å². The van der Waals surface area contributed by atoms with Gasteiger partial charge in [-0.05, 0) is 42.3 Å². The lowest BCUT2D eigenvalue weighted by atomic mass is 9.94. The summed E-state index contributed by atoms with van der Waals surface area (Å²) in [6.45, 7) is 3.02. The molecule has 0 atom stereocenters. The van der Waals surface area contributed by atoms with Gasteiger partial charge in [0.25, 0.3) is 5.56 Å². The van der Waals surface area contributed by atoms with Crippen LogP contribution in [0.3, 0.4) is 0 Å². The van der Waals surface area contributed by atoms with Crippen molar-refractivity contribution in [2.45, 2.75) is 13.5 Å². The van der Waals surface area contributed by atoms with E-state index in [4.69, 9.17) is 0 Å². The molecule has 0 amide bonds. The number of benzene rings is 3. The van der Waals surface area contributed by atoms with Crippen LogP contribution in [0.2, 0.25) is 0 Å². The first kappa shape index (κ1) is 20.7. The van der Waals surface area contributed by atoms with Crippen molar-refractivity contribution in [3.8, 4) is 5.69 Å². The average molecular weight is 433 g/mol. The molecule has 0 aliphatic heterocycles. The van der Waals surface area contributed by atoms with E-state index in [1.54, 1.807) is 4.68 Å². The summed E-state index contributed by atoms with van der Waals surface area (Å²) in [6.07, 6.45) is 6.15. The molecule has 5 aromatic rings. The summed E-state index contributed by atoms with van der Waals surface area (Å²) in [6, 6.07) is 30.4. The highest BCUT2D eigenvalue weighted by atomic mass is 16.1. The Morgan fingerprint density at radius 3 is 2.24 bits per heavy atom. The molecule has 3 aromatic carbocycles. The third-order valence-corrected chi connectivity index (χ3v) is 6.01. The number of fused-ring (bicyclic) bond motifs is 1. The summed E-state index contributed by atoms with van der Waals surface area (Å²) in [5.41, 5.74) is 5.64. The molecule has 2 aromatic heterocycles. The molecule has 0 N–H and O–H groups in total. The molecule has 4 nitrogen and oxygen atoms in total. The van der Waals surface area contributed by atoms with Gasteiger partial charge in [-0.2, -0.15) is 4.57 Å². The lowest BCUT2D eigenvalue weighted by Crippen LogP contribution is -2.32. The van der Waals surface area contributed by atoms with Gasteiger partial charge < -0.3 is 0 Å². The fraction of sp³-hybridized carbons (Fsp3) is 0.103. The van der Waals surface area contributed by atoms with Gasteiger partial charge in [0, 0.05) is 30.9 Å². The highest BCUT2D eigenvalue weighted by Crippen LogP contribution is 2.29. The van der Waals surface area contributed by atoms with Crippen LogP contribution in [0, 0.1) is 0 Å². The number of hydrogen-bond acceptors (Lipinski definition) is 1. The fourth-order valence-electron chi connectivity index (χ4n) is 4.42. The number of hydrogen-bond donors (Lipinski definition) is 0. The molecule has 2 heterocycles. The smallest absolute Gasteiger partial charge is 0.279 e. The van der Waals surface area contributed by atoms with Crippen molar-refractivity contribution in [2.24, 2.45) is 7.05 Å². The van der Waals surface area contributed by atoms with Crippen LogP contribution in [0.4, 0.5) is 0 Å². The molecule has 0 fully saturated rings. The summed E-state index contributed by atoms with van der Waals surface area (Å²) >= 11 is 0. The van der Waals surface area contributed by atoms with Crippen molar-refractivity contribution < 1.29 is 4.57 Å². The summed E-state index contributed by atoms with van der Waals surface area (Å²) in [5.74, 6) is 0. The van der Waals surface area contributed by atoms with Crippen molar-refractivity contribution in [1.82, 2.24) is 9.36 Å². The normalized spacial score (nSPS) is 11.8. The Labute approximate surface area is 193 Å². The predicted octanol–water partition coefficient (Wildman–Crippen LogP) is 5.23. The van der Waals surface area contributed by atoms with E-state index in [1.165, 1.54) is 0 Å². The van der Waals surface area contributed by atoms with Gasteiger partial charge >= 0.3 is 0 Å². The number of pyridine rings is 1. The molecular formula is C29H26N3O+. The highest BCUT2D eigenvalue weighted by Gasteiger charge is 2.20. The van der Waals surface area contributed by atoms with E-state index in [0.29, 0.717) is 5.56 Å². The van der Waals surface area contributed by atoms with E-state index in [0.717, 1.165) is 39.8 Å². The van der Waals surface area contributed by atoms with E-state index < -0.39 is 0 Å². The Kier molecular flexibility index (Phi) is 5.49. The predicted molar refractivity (Wildman–Crippen MR) is 134 cm³/mol. The maximum atomic E-state index is 13.8. The van der Waals surface area contributed by atoms with E-state index in [9.17, 15) is 4.79 Å². The minimum atomic E-state index is -0.0396.